The number of morpholine rings is 1. The Morgan fingerprint density at radius 3 is 3.00 bits per heavy atom. The lowest BCUT2D eigenvalue weighted by atomic mass is 10.2. The standard InChI is InChI=1S/C12H25NO2/c1-4-12(3)15-8-5-6-13-7-9-14-10-11(13)2/h11-12H,4-10H2,1-3H3/t11-,12?/m1/s1. The number of nitrogens with zero attached hydrogens (tertiary/aromatic N) is 1. The largest absolute Gasteiger partial charge is 0.379 e. The molecule has 0 saturated carbocycles. The van der Waals surface area contributed by atoms with Crippen LogP contribution in [-0.4, -0.2) is 50.0 Å². The molecule has 0 aromatic carbocycles. The van der Waals surface area contributed by atoms with Crippen LogP contribution < -0.4 is 0 Å². The Bertz CT molecular complexity index is 164. The van der Waals surface area contributed by atoms with E-state index in [1.807, 2.05) is 0 Å². The zero-order chi connectivity index (χ0) is 11.1. The van der Waals surface area contributed by atoms with Crippen LogP contribution in [0.2, 0.25) is 0 Å². The molecule has 1 aliphatic heterocycles. The molecule has 1 unspecified atom stereocenters. The third-order valence-corrected chi connectivity index (χ3v) is 3.07. The van der Waals surface area contributed by atoms with Crippen molar-refractivity contribution >= 4 is 0 Å². The zero-order valence-corrected chi connectivity index (χ0v) is 10.4. The summed E-state index contributed by atoms with van der Waals surface area (Å²) in [5.41, 5.74) is 0. The molecule has 1 fully saturated rings. The lowest BCUT2D eigenvalue weighted by Gasteiger charge is -2.33. The highest BCUT2D eigenvalue weighted by Gasteiger charge is 2.17. The van der Waals surface area contributed by atoms with Gasteiger partial charge < -0.3 is 9.47 Å². The average molecular weight is 215 g/mol. The Labute approximate surface area is 93.7 Å². The van der Waals surface area contributed by atoms with Crippen LogP contribution in [0.3, 0.4) is 0 Å². The topological polar surface area (TPSA) is 21.7 Å². The van der Waals surface area contributed by atoms with Gasteiger partial charge in [0.15, 0.2) is 0 Å². The fourth-order valence-electron chi connectivity index (χ4n) is 1.76. The fourth-order valence-corrected chi connectivity index (χ4v) is 1.76. The molecule has 0 radical (unpaired) electrons. The summed E-state index contributed by atoms with van der Waals surface area (Å²) in [6.07, 6.45) is 2.65. The predicted molar refractivity (Wildman–Crippen MR) is 62.2 cm³/mol. The van der Waals surface area contributed by atoms with Crippen molar-refractivity contribution in [3.63, 3.8) is 0 Å². The van der Waals surface area contributed by atoms with E-state index in [0.29, 0.717) is 12.1 Å². The maximum Gasteiger partial charge on any atom is 0.0619 e. The SMILES string of the molecule is CCC(C)OCCCN1CCOC[C@H]1C. The van der Waals surface area contributed by atoms with Crippen LogP contribution in [0.4, 0.5) is 0 Å². The average Bonchev–Trinajstić information content (AvgIpc) is 2.26. The Morgan fingerprint density at radius 2 is 2.33 bits per heavy atom. The van der Waals surface area contributed by atoms with E-state index in [9.17, 15) is 0 Å². The molecule has 0 bridgehead atoms. The number of ether oxygens (including phenoxy) is 2. The van der Waals surface area contributed by atoms with Gasteiger partial charge in [-0.3, -0.25) is 4.90 Å². The Balaban J connectivity index is 2.03. The van der Waals surface area contributed by atoms with Crippen LogP contribution >= 0.6 is 0 Å². The van der Waals surface area contributed by atoms with Gasteiger partial charge in [0.1, 0.15) is 0 Å². The Kier molecular flexibility index (Phi) is 6.22. The number of hydrogen-bond acceptors (Lipinski definition) is 3. The third kappa shape index (κ3) is 4.96. The first-order valence-electron chi connectivity index (χ1n) is 6.17. The lowest BCUT2D eigenvalue weighted by Crippen LogP contribution is -2.44. The molecule has 15 heavy (non-hydrogen) atoms. The molecule has 0 aromatic rings. The third-order valence-electron chi connectivity index (χ3n) is 3.07. The molecule has 3 nitrogen and oxygen atoms in total. The quantitative estimate of drug-likeness (QED) is 0.632. The van der Waals surface area contributed by atoms with Crippen molar-refractivity contribution in [2.75, 3.05) is 32.9 Å². The summed E-state index contributed by atoms with van der Waals surface area (Å²) < 4.78 is 11.1. The second-order valence-corrected chi connectivity index (χ2v) is 4.40. The number of rotatable bonds is 6. The first-order chi connectivity index (χ1) is 7.24. The van der Waals surface area contributed by atoms with Crippen molar-refractivity contribution < 1.29 is 9.47 Å². The molecule has 0 aliphatic carbocycles. The maximum absolute atomic E-state index is 5.66. The van der Waals surface area contributed by atoms with Crippen LogP contribution in [0.1, 0.15) is 33.6 Å². The van der Waals surface area contributed by atoms with Crippen molar-refractivity contribution in [1.29, 1.82) is 0 Å². The van der Waals surface area contributed by atoms with Crippen molar-refractivity contribution in [2.45, 2.75) is 45.8 Å². The van der Waals surface area contributed by atoms with Gasteiger partial charge in [0.2, 0.25) is 0 Å². The second kappa shape index (κ2) is 7.20. The summed E-state index contributed by atoms with van der Waals surface area (Å²) in [6, 6.07) is 0.572. The highest BCUT2D eigenvalue weighted by molar-refractivity contribution is 4.70. The van der Waals surface area contributed by atoms with Crippen LogP contribution in [0, 0.1) is 0 Å². The lowest BCUT2D eigenvalue weighted by molar-refractivity contribution is -0.00799. The summed E-state index contributed by atoms with van der Waals surface area (Å²) in [5.74, 6) is 0. The molecule has 1 rings (SSSR count). The summed E-state index contributed by atoms with van der Waals surface area (Å²) in [4.78, 5) is 2.49. The molecular weight excluding hydrogens is 190 g/mol. The van der Waals surface area contributed by atoms with Gasteiger partial charge in [-0.1, -0.05) is 6.92 Å². The molecule has 0 amide bonds. The molecule has 0 spiro atoms. The number of hydrogen-bond donors (Lipinski definition) is 0. The summed E-state index contributed by atoms with van der Waals surface area (Å²) in [7, 11) is 0. The normalized spacial score (nSPS) is 25.4. The molecule has 0 N–H and O–H groups in total. The summed E-state index contributed by atoms with van der Waals surface area (Å²) >= 11 is 0. The van der Waals surface area contributed by atoms with Gasteiger partial charge in [0.25, 0.3) is 0 Å². The van der Waals surface area contributed by atoms with Gasteiger partial charge in [-0.25, -0.2) is 0 Å². The highest BCUT2D eigenvalue weighted by Crippen LogP contribution is 2.07. The van der Waals surface area contributed by atoms with Gasteiger partial charge in [0, 0.05) is 25.7 Å². The molecule has 3 heteroatoms. The maximum atomic E-state index is 5.66. The van der Waals surface area contributed by atoms with Crippen LogP contribution in [-0.2, 0) is 9.47 Å². The van der Waals surface area contributed by atoms with Gasteiger partial charge in [-0.15, -0.1) is 0 Å². The molecule has 1 saturated heterocycles. The molecule has 90 valence electrons. The van der Waals surface area contributed by atoms with Crippen LogP contribution in [0.25, 0.3) is 0 Å². The predicted octanol–water partition coefficient (Wildman–Crippen LogP) is 1.91. The smallest absolute Gasteiger partial charge is 0.0619 e. The van der Waals surface area contributed by atoms with Crippen molar-refractivity contribution in [3.05, 3.63) is 0 Å². The first kappa shape index (κ1) is 12.9. The van der Waals surface area contributed by atoms with E-state index in [-0.39, 0.29) is 0 Å². The van der Waals surface area contributed by atoms with E-state index in [4.69, 9.17) is 9.47 Å². The first-order valence-corrected chi connectivity index (χ1v) is 6.17. The minimum absolute atomic E-state index is 0.409. The van der Waals surface area contributed by atoms with E-state index < -0.39 is 0 Å². The van der Waals surface area contributed by atoms with Crippen LogP contribution in [0.5, 0.6) is 0 Å². The van der Waals surface area contributed by atoms with Crippen LogP contribution in [0.15, 0.2) is 0 Å². The molecule has 1 aliphatic rings. The van der Waals surface area contributed by atoms with E-state index in [2.05, 4.69) is 25.7 Å². The van der Waals surface area contributed by atoms with E-state index in [1.165, 1.54) is 0 Å². The Morgan fingerprint density at radius 1 is 1.53 bits per heavy atom. The second-order valence-electron chi connectivity index (χ2n) is 4.40. The van der Waals surface area contributed by atoms with Gasteiger partial charge in [-0.2, -0.15) is 0 Å². The minimum Gasteiger partial charge on any atom is -0.379 e. The Hall–Kier alpha value is -0.120. The highest BCUT2D eigenvalue weighted by atomic mass is 16.5. The zero-order valence-electron chi connectivity index (χ0n) is 10.4. The van der Waals surface area contributed by atoms with Crippen molar-refractivity contribution in [1.82, 2.24) is 4.90 Å². The van der Waals surface area contributed by atoms with E-state index in [0.717, 1.165) is 45.8 Å². The van der Waals surface area contributed by atoms with Gasteiger partial charge >= 0.3 is 0 Å². The van der Waals surface area contributed by atoms with Gasteiger partial charge in [0.05, 0.1) is 19.3 Å². The van der Waals surface area contributed by atoms with Crippen molar-refractivity contribution in [2.24, 2.45) is 0 Å². The molecule has 2 atom stereocenters. The van der Waals surface area contributed by atoms with Gasteiger partial charge in [-0.05, 0) is 26.7 Å². The summed E-state index contributed by atoms with van der Waals surface area (Å²) in [6.45, 7) is 11.4. The van der Waals surface area contributed by atoms with Crippen molar-refractivity contribution in [3.8, 4) is 0 Å². The molecule has 0 aromatic heterocycles. The van der Waals surface area contributed by atoms with E-state index in [1.54, 1.807) is 0 Å². The molecular formula is C12H25NO2. The minimum atomic E-state index is 0.409. The molecule has 1 heterocycles. The monoisotopic (exact) mass is 215 g/mol. The van der Waals surface area contributed by atoms with E-state index >= 15 is 0 Å². The fraction of sp³-hybridized carbons (Fsp3) is 1.00. The summed E-state index contributed by atoms with van der Waals surface area (Å²) in [5, 5.41) is 0.